The Morgan fingerprint density at radius 3 is 1.71 bits per heavy atom. The lowest BCUT2D eigenvalue weighted by atomic mass is 9.83. The summed E-state index contributed by atoms with van der Waals surface area (Å²) in [5, 5.41) is 3.35. The number of nitrogens with one attached hydrogen (secondary N) is 2. The van der Waals surface area contributed by atoms with Crippen LogP contribution < -0.4 is 5.32 Å². The van der Waals surface area contributed by atoms with E-state index in [0.29, 0.717) is 41.1 Å². The smallest absolute Gasteiger partial charge is 0.336 e. The molecule has 0 amide bonds. The average Bonchev–Trinajstić information content (AvgIpc) is 3.35. The number of H-pyrrole nitrogens is 1. The Bertz CT molecular complexity index is 1230. The van der Waals surface area contributed by atoms with Crippen LogP contribution in [0.1, 0.15) is 49.4 Å². The number of carbonyl (C=O) groups is 2. The first-order valence-corrected chi connectivity index (χ1v) is 13.1. The zero-order chi connectivity index (χ0) is 26.9. The van der Waals surface area contributed by atoms with Crippen LogP contribution in [0, 0.1) is 0 Å². The van der Waals surface area contributed by atoms with E-state index in [2.05, 4.69) is 15.3 Å². The Labute approximate surface area is 227 Å². The van der Waals surface area contributed by atoms with Crippen molar-refractivity contribution >= 4 is 23.5 Å². The number of aryl methyl sites for hydroxylation is 2. The molecular weight excluding hydrogens is 502 g/mol. The zero-order valence-electron chi connectivity index (χ0n) is 21.6. The predicted molar refractivity (Wildman–Crippen MR) is 146 cm³/mol. The van der Waals surface area contributed by atoms with Gasteiger partial charge in [-0.3, -0.25) is 0 Å². The normalized spacial score (nSPS) is 13.9. The molecule has 2 heterocycles. The van der Waals surface area contributed by atoms with Crippen molar-refractivity contribution in [2.75, 3.05) is 13.2 Å². The van der Waals surface area contributed by atoms with Gasteiger partial charge in [-0.1, -0.05) is 72.3 Å². The van der Waals surface area contributed by atoms with Gasteiger partial charge in [0, 0.05) is 11.4 Å². The number of allylic oxidation sites excluding steroid dienone is 2. The summed E-state index contributed by atoms with van der Waals surface area (Å²) in [5.74, 6) is -1.82. The number of benzene rings is 2. The molecule has 0 spiro atoms. The van der Waals surface area contributed by atoms with Crippen LogP contribution in [-0.4, -0.2) is 35.1 Å². The molecule has 38 heavy (non-hydrogen) atoms. The maximum Gasteiger partial charge on any atom is 0.336 e. The molecule has 8 heteroatoms. The Hall–Kier alpha value is -3.84. The van der Waals surface area contributed by atoms with Crippen LogP contribution in [0.3, 0.4) is 0 Å². The highest BCUT2D eigenvalue weighted by molar-refractivity contribution is 6.30. The van der Waals surface area contributed by atoms with Gasteiger partial charge in [-0.2, -0.15) is 0 Å². The molecule has 3 aromatic rings. The number of nitrogens with zero attached hydrogens (tertiary/aromatic N) is 1. The largest absolute Gasteiger partial charge is 0.462 e. The number of esters is 2. The van der Waals surface area contributed by atoms with Crippen molar-refractivity contribution in [2.24, 2.45) is 0 Å². The van der Waals surface area contributed by atoms with E-state index in [9.17, 15) is 9.59 Å². The molecule has 4 rings (SSSR count). The summed E-state index contributed by atoms with van der Waals surface area (Å²) >= 11 is 6.39. The maximum absolute atomic E-state index is 13.4. The number of imidazole rings is 1. The second kappa shape index (κ2) is 13.1. The SMILES string of the molecule is CC1=C(C(=O)OCCCc2ccccc2)C(c2[nH]cnc2Cl)C(C(=O)OCCCc2ccccc2)=C(C)N1. The minimum absolute atomic E-state index is 0.182. The number of rotatable bonds is 11. The monoisotopic (exact) mass is 533 g/mol. The zero-order valence-corrected chi connectivity index (χ0v) is 22.4. The molecule has 0 saturated carbocycles. The van der Waals surface area contributed by atoms with E-state index < -0.39 is 17.9 Å². The van der Waals surface area contributed by atoms with Gasteiger partial charge in [-0.15, -0.1) is 0 Å². The van der Waals surface area contributed by atoms with Crippen LogP contribution in [0.25, 0.3) is 0 Å². The standard InChI is InChI=1S/C30H32ClN3O4/c1-20-24(29(35)37-17-9-15-22-11-5-3-6-12-22)26(27-28(31)33-19-32-27)25(21(2)34-20)30(36)38-18-10-16-23-13-7-4-8-14-23/h3-8,11-14,19,26,34H,9-10,15-18H2,1-2H3,(H,32,33). The van der Waals surface area contributed by atoms with Gasteiger partial charge >= 0.3 is 11.9 Å². The first-order chi connectivity index (χ1) is 18.5. The number of ether oxygens (including phenoxy) is 2. The van der Waals surface area contributed by atoms with E-state index in [4.69, 9.17) is 21.1 Å². The van der Waals surface area contributed by atoms with Gasteiger partial charge < -0.3 is 19.8 Å². The molecule has 2 N–H and O–H groups in total. The fourth-order valence-corrected chi connectivity index (χ4v) is 4.85. The van der Waals surface area contributed by atoms with E-state index in [1.807, 2.05) is 60.7 Å². The van der Waals surface area contributed by atoms with Gasteiger partial charge in [0.25, 0.3) is 0 Å². The Morgan fingerprint density at radius 1 is 0.816 bits per heavy atom. The van der Waals surface area contributed by atoms with E-state index >= 15 is 0 Å². The van der Waals surface area contributed by atoms with Crippen molar-refractivity contribution in [3.05, 3.63) is 112 Å². The molecule has 0 atom stereocenters. The third-order valence-electron chi connectivity index (χ3n) is 6.48. The van der Waals surface area contributed by atoms with E-state index in [-0.39, 0.29) is 18.4 Å². The Kier molecular flexibility index (Phi) is 9.38. The van der Waals surface area contributed by atoms with Gasteiger partial charge in [0.2, 0.25) is 0 Å². The molecular formula is C30H32ClN3O4. The topological polar surface area (TPSA) is 93.3 Å². The van der Waals surface area contributed by atoms with Crippen molar-refractivity contribution in [1.82, 2.24) is 15.3 Å². The summed E-state index contributed by atoms with van der Waals surface area (Å²) < 4.78 is 11.3. The van der Waals surface area contributed by atoms with Crippen LogP contribution in [-0.2, 0) is 31.9 Å². The van der Waals surface area contributed by atoms with Crippen LogP contribution in [0.5, 0.6) is 0 Å². The van der Waals surface area contributed by atoms with Crippen molar-refractivity contribution in [3.8, 4) is 0 Å². The third-order valence-corrected chi connectivity index (χ3v) is 6.78. The van der Waals surface area contributed by atoms with Gasteiger partial charge in [0.15, 0.2) is 5.15 Å². The Balaban J connectivity index is 1.46. The number of dihydropyridines is 1. The molecule has 7 nitrogen and oxygen atoms in total. The van der Waals surface area contributed by atoms with Crippen LogP contribution in [0.2, 0.25) is 5.15 Å². The summed E-state index contributed by atoms with van der Waals surface area (Å²) in [4.78, 5) is 33.8. The molecule has 1 aliphatic rings. The molecule has 2 aromatic carbocycles. The van der Waals surface area contributed by atoms with Gasteiger partial charge in [-0.05, 0) is 50.7 Å². The Morgan fingerprint density at radius 2 is 1.29 bits per heavy atom. The van der Waals surface area contributed by atoms with Crippen LogP contribution >= 0.6 is 11.6 Å². The predicted octanol–water partition coefficient (Wildman–Crippen LogP) is 5.65. The summed E-state index contributed by atoms with van der Waals surface area (Å²) in [7, 11) is 0. The van der Waals surface area contributed by atoms with Gasteiger partial charge in [0.1, 0.15) is 0 Å². The molecule has 0 aliphatic carbocycles. The molecule has 0 fully saturated rings. The molecule has 0 saturated heterocycles. The number of halogens is 1. The van der Waals surface area contributed by atoms with Crippen molar-refractivity contribution in [2.45, 2.75) is 45.4 Å². The summed E-state index contributed by atoms with van der Waals surface area (Å²) in [5.41, 5.74) is 4.58. The quantitative estimate of drug-likeness (QED) is 0.244. The number of hydrogen-bond acceptors (Lipinski definition) is 6. The van der Waals surface area contributed by atoms with Crippen LogP contribution in [0.15, 0.2) is 89.5 Å². The highest BCUT2D eigenvalue weighted by Gasteiger charge is 2.40. The molecule has 1 aromatic heterocycles. The lowest BCUT2D eigenvalue weighted by Gasteiger charge is -2.29. The van der Waals surface area contributed by atoms with Crippen molar-refractivity contribution in [1.29, 1.82) is 0 Å². The lowest BCUT2D eigenvalue weighted by Crippen LogP contribution is -2.33. The number of aromatic amines is 1. The number of hydrogen-bond donors (Lipinski definition) is 2. The first kappa shape index (κ1) is 27.2. The third kappa shape index (κ3) is 6.72. The minimum Gasteiger partial charge on any atom is -0.462 e. The van der Waals surface area contributed by atoms with E-state index in [0.717, 1.165) is 12.8 Å². The fraction of sp³-hybridized carbons (Fsp3) is 0.300. The minimum atomic E-state index is -0.797. The molecule has 1 aliphatic heterocycles. The second-order valence-corrected chi connectivity index (χ2v) is 9.55. The molecule has 0 unspecified atom stereocenters. The van der Waals surface area contributed by atoms with Crippen molar-refractivity contribution < 1.29 is 19.1 Å². The van der Waals surface area contributed by atoms with Crippen LogP contribution in [0.4, 0.5) is 0 Å². The number of aromatic nitrogens is 2. The highest BCUT2D eigenvalue weighted by atomic mass is 35.5. The molecule has 0 radical (unpaired) electrons. The summed E-state index contributed by atoms with van der Waals surface area (Å²) in [6.07, 6.45) is 4.38. The molecule has 198 valence electrons. The van der Waals surface area contributed by atoms with Gasteiger partial charge in [0.05, 0.1) is 42.3 Å². The second-order valence-electron chi connectivity index (χ2n) is 9.19. The first-order valence-electron chi connectivity index (χ1n) is 12.7. The maximum atomic E-state index is 13.4. The fourth-order valence-electron chi connectivity index (χ4n) is 4.64. The molecule has 0 bridgehead atoms. The lowest BCUT2D eigenvalue weighted by molar-refractivity contribution is -0.140. The van der Waals surface area contributed by atoms with Crippen molar-refractivity contribution in [3.63, 3.8) is 0 Å². The highest BCUT2D eigenvalue weighted by Crippen LogP contribution is 2.40. The summed E-state index contributed by atoms with van der Waals surface area (Å²) in [6, 6.07) is 20.0. The van der Waals surface area contributed by atoms with E-state index in [1.54, 1.807) is 13.8 Å². The van der Waals surface area contributed by atoms with Gasteiger partial charge in [-0.25, -0.2) is 14.6 Å². The average molecular weight is 534 g/mol. The summed E-state index contributed by atoms with van der Waals surface area (Å²) in [6.45, 7) is 4.05. The number of carbonyl (C=O) groups excluding carboxylic acids is 2. The van der Waals surface area contributed by atoms with E-state index in [1.165, 1.54) is 17.5 Å².